The van der Waals surface area contributed by atoms with Gasteiger partial charge in [0.05, 0.1) is 21.4 Å². The van der Waals surface area contributed by atoms with Crippen LogP contribution in [0.15, 0.2) is 52.0 Å². The van der Waals surface area contributed by atoms with E-state index in [1.165, 1.54) is 34.1 Å². The van der Waals surface area contributed by atoms with E-state index in [9.17, 15) is 18.0 Å². The fraction of sp³-hybridized carbons (Fsp3) is 0.286. The van der Waals surface area contributed by atoms with Gasteiger partial charge < -0.3 is 15.1 Å². The standard InChI is InChI=1S/C21H22N4O5S2/c26-19(8-5-15-4-3-13-30-15)22-10-9-20(27)24-21-23-17-7-6-16(14-18(17)31-21)32(28,29)25-11-1-2-12-25/h3-8,13-14H,1-2,9-12H2,(H,22,26)(H,23,24,27)/b8-5+. The third-order valence-corrected chi connectivity index (χ3v) is 7.73. The van der Waals surface area contributed by atoms with Gasteiger partial charge in [-0.2, -0.15) is 4.31 Å². The van der Waals surface area contributed by atoms with Crippen LogP contribution in [-0.2, 0) is 19.6 Å². The number of furan rings is 1. The molecular weight excluding hydrogens is 452 g/mol. The third kappa shape index (κ3) is 5.23. The molecule has 11 heteroatoms. The number of rotatable bonds is 8. The molecule has 2 amide bonds. The van der Waals surface area contributed by atoms with Gasteiger partial charge in [-0.3, -0.25) is 9.59 Å². The monoisotopic (exact) mass is 474 g/mol. The van der Waals surface area contributed by atoms with Gasteiger partial charge >= 0.3 is 0 Å². The molecular formula is C21H22N4O5S2. The molecule has 32 heavy (non-hydrogen) atoms. The predicted octanol–water partition coefficient (Wildman–Crippen LogP) is 2.83. The molecule has 0 saturated carbocycles. The number of sulfonamides is 1. The fourth-order valence-corrected chi connectivity index (χ4v) is 5.82. The Labute approximate surface area is 189 Å². The molecule has 0 unspecified atom stereocenters. The van der Waals surface area contributed by atoms with E-state index in [1.54, 1.807) is 30.3 Å². The summed E-state index contributed by atoms with van der Waals surface area (Å²) in [7, 11) is -3.51. The quantitative estimate of drug-likeness (QED) is 0.484. The van der Waals surface area contributed by atoms with Crippen molar-refractivity contribution >= 4 is 54.6 Å². The SMILES string of the molecule is O=C(/C=C/c1ccco1)NCCC(=O)Nc1nc2ccc(S(=O)(=O)N3CCCC3)cc2s1. The largest absolute Gasteiger partial charge is 0.465 e. The number of hydrogen-bond acceptors (Lipinski definition) is 7. The van der Waals surface area contributed by atoms with Crippen LogP contribution in [0.3, 0.4) is 0 Å². The average Bonchev–Trinajstić information content (AvgIpc) is 3.53. The van der Waals surface area contributed by atoms with Gasteiger partial charge in [-0.05, 0) is 49.2 Å². The van der Waals surface area contributed by atoms with Crippen molar-refractivity contribution in [2.24, 2.45) is 0 Å². The summed E-state index contributed by atoms with van der Waals surface area (Å²) in [5, 5.41) is 5.70. The van der Waals surface area contributed by atoms with Crippen molar-refractivity contribution in [3.8, 4) is 0 Å². The Morgan fingerprint density at radius 1 is 1.22 bits per heavy atom. The van der Waals surface area contributed by atoms with Gasteiger partial charge in [-0.15, -0.1) is 0 Å². The van der Waals surface area contributed by atoms with E-state index in [2.05, 4.69) is 15.6 Å². The van der Waals surface area contributed by atoms with E-state index in [4.69, 9.17) is 4.42 Å². The minimum absolute atomic E-state index is 0.0743. The molecule has 0 bridgehead atoms. The Balaban J connectivity index is 1.32. The second kappa shape index (κ2) is 9.63. The summed E-state index contributed by atoms with van der Waals surface area (Å²) in [6, 6.07) is 8.24. The number of aromatic nitrogens is 1. The summed E-state index contributed by atoms with van der Waals surface area (Å²) < 4.78 is 32.8. The lowest BCUT2D eigenvalue weighted by Crippen LogP contribution is -2.27. The molecule has 1 aliphatic heterocycles. The molecule has 1 fully saturated rings. The Bertz CT molecular complexity index is 1240. The van der Waals surface area contributed by atoms with Crippen molar-refractivity contribution in [2.75, 3.05) is 25.0 Å². The minimum atomic E-state index is -3.51. The average molecular weight is 475 g/mol. The van der Waals surface area contributed by atoms with Crippen molar-refractivity contribution in [2.45, 2.75) is 24.2 Å². The van der Waals surface area contributed by atoms with Crippen LogP contribution in [0.25, 0.3) is 16.3 Å². The zero-order chi connectivity index (χ0) is 22.6. The van der Waals surface area contributed by atoms with Gasteiger partial charge in [0.1, 0.15) is 5.76 Å². The number of anilines is 1. The summed E-state index contributed by atoms with van der Waals surface area (Å²) in [6.07, 6.45) is 6.20. The zero-order valence-electron chi connectivity index (χ0n) is 17.1. The van der Waals surface area contributed by atoms with Crippen LogP contribution in [0.5, 0.6) is 0 Å². The minimum Gasteiger partial charge on any atom is -0.465 e. The van der Waals surface area contributed by atoms with E-state index >= 15 is 0 Å². The van der Waals surface area contributed by atoms with Crippen molar-refractivity contribution in [1.29, 1.82) is 0 Å². The number of thiazole rings is 1. The van der Waals surface area contributed by atoms with E-state index in [0.29, 0.717) is 34.2 Å². The van der Waals surface area contributed by atoms with Gasteiger partial charge in [0.2, 0.25) is 21.8 Å². The van der Waals surface area contributed by atoms with Crippen molar-refractivity contribution in [3.05, 3.63) is 48.4 Å². The van der Waals surface area contributed by atoms with E-state index in [0.717, 1.165) is 12.8 Å². The molecule has 2 N–H and O–H groups in total. The second-order valence-corrected chi connectivity index (χ2v) is 10.2. The van der Waals surface area contributed by atoms with Gasteiger partial charge in [-0.1, -0.05) is 11.3 Å². The van der Waals surface area contributed by atoms with Crippen LogP contribution in [0, 0.1) is 0 Å². The van der Waals surface area contributed by atoms with Gasteiger partial charge in [0.25, 0.3) is 0 Å². The number of carbonyl (C=O) groups excluding carboxylic acids is 2. The van der Waals surface area contributed by atoms with Crippen molar-refractivity contribution in [1.82, 2.24) is 14.6 Å². The molecule has 1 saturated heterocycles. The zero-order valence-corrected chi connectivity index (χ0v) is 18.7. The normalized spacial score (nSPS) is 14.9. The highest BCUT2D eigenvalue weighted by Crippen LogP contribution is 2.30. The summed E-state index contributed by atoms with van der Waals surface area (Å²) in [6.45, 7) is 1.25. The van der Waals surface area contributed by atoms with Crippen molar-refractivity contribution in [3.63, 3.8) is 0 Å². The lowest BCUT2D eigenvalue weighted by atomic mass is 10.3. The van der Waals surface area contributed by atoms with Crippen LogP contribution >= 0.6 is 11.3 Å². The van der Waals surface area contributed by atoms with Gasteiger partial charge in [0.15, 0.2) is 5.13 Å². The van der Waals surface area contributed by atoms with E-state index < -0.39 is 10.0 Å². The molecule has 1 aliphatic rings. The second-order valence-electron chi connectivity index (χ2n) is 7.20. The Kier molecular flexibility index (Phi) is 6.68. The molecule has 3 aromatic rings. The van der Waals surface area contributed by atoms with Gasteiger partial charge in [0, 0.05) is 32.1 Å². The Morgan fingerprint density at radius 3 is 2.78 bits per heavy atom. The first kappa shape index (κ1) is 22.2. The number of hydrogen-bond donors (Lipinski definition) is 2. The van der Waals surface area contributed by atoms with Crippen LogP contribution in [-0.4, -0.2) is 49.2 Å². The first-order valence-electron chi connectivity index (χ1n) is 10.1. The topological polar surface area (TPSA) is 122 Å². The molecule has 0 spiro atoms. The molecule has 0 atom stereocenters. The molecule has 168 valence electrons. The number of carbonyl (C=O) groups is 2. The highest BCUT2D eigenvalue weighted by molar-refractivity contribution is 7.89. The Morgan fingerprint density at radius 2 is 2.03 bits per heavy atom. The van der Waals surface area contributed by atoms with Crippen LogP contribution in [0.1, 0.15) is 25.0 Å². The number of nitrogens with one attached hydrogen (secondary N) is 2. The smallest absolute Gasteiger partial charge is 0.244 e. The summed E-state index contributed by atoms with van der Waals surface area (Å²) >= 11 is 1.21. The third-order valence-electron chi connectivity index (χ3n) is 4.90. The number of benzene rings is 1. The molecule has 1 aromatic carbocycles. The lowest BCUT2D eigenvalue weighted by molar-refractivity contribution is -0.117. The first-order valence-corrected chi connectivity index (χ1v) is 12.4. The van der Waals surface area contributed by atoms with Crippen molar-refractivity contribution < 1.29 is 22.4 Å². The molecule has 2 aromatic heterocycles. The predicted molar refractivity (Wildman–Crippen MR) is 122 cm³/mol. The first-order chi connectivity index (χ1) is 15.4. The van der Waals surface area contributed by atoms with Crippen LogP contribution < -0.4 is 10.6 Å². The molecule has 4 rings (SSSR count). The molecule has 3 heterocycles. The molecule has 9 nitrogen and oxygen atoms in total. The fourth-order valence-electron chi connectivity index (χ4n) is 3.28. The highest BCUT2D eigenvalue weighted by atomic mass is 32.2. The highest BCUT2D eigenvalue weighted by Gasteiger charge is 2.27. The molecule has 0 aliphatic carbocycles. The van der Waals surface area contributed by atoms with E-state index in [1.807, 2.05) is 0 Å². The van der Waals surface area contributed by atoms with Gasteiger partial charge in [-0.25, -0.2) is 13.4 Å². The Hall–Kier alpha value is -3.02. The maximum Gasteiger partial charge on any atom is 0.244 e. The number of amides is 2. The number of fused-ring (bicyclic) bond motifs is 1. The maximum absolute atomic E-state index is 12.7. The van der Waals surface area contributed by atoms with E-state index in [-0.39, 0.29) is 29.7 Å². The molecule has 0 radical (unpaired) electrons. The number of nitrogens with zero attached hydrogens (tertiary/aromatic N) is 2. The van der Waals surface area contributed by atoms with Crippen LogP contribution in [0.2, 0.25) is 0 Å². The summed E-state index contributed by atoms with van der Waals surface area (Å²) in [4.78, 5) is 28.5. The van der Waals surface area contributed by atoms with Crippen LogP contribution in [0.4, 0.5) is 5.13 Å². The lowest BCUT2D eigenvalue weighted by Gasteiger charge is -2.15. The maximum atomic E-state index is 12.7. The summed E-state index contributed by atoms with van der Waals surface area (Å²) in [5.74, 6) is -0.0738. The summed E-state index contributed by atoms with van der Waals surface area (Å²) in [5.41, 5.74) is 0.613.